The molecule has 0 radical (unpaired) electrons. The van der Waals surface area contributed by atoms with E-state index in [-0.39, 0.29) is 11.0 Å². The first-order chi connectivity index (χ1) is 19.1. The summed E-state index contributed by atoms with van der Waals surface area (Å²) in [5.74, 6) is 2.05. The number of fused-ring (bicyclic) bond motifs is 1. The average molecular weight is 563 g/mol. The van der Waals surface area contributed by atoms with Crippen LogP contribution < -0.4 is 20.7 Å². The lowest BCUT2D eigenvalue weighted by Crippen LogP contribution is -2.28. The van der Waals surface area contributed by atoms with Crippen molar-refractivity contribution in [2.24, 2.45) is 0 Å². The van der Waals surface area contributed by atoms with Crippen LogP contribution in [0.5, 0.6) is 5.75 Å². The van der Waals surface area contributed by atoms with E-state index in [0.29, 0.717) is 29.0 Å². The Morgan fingerprint density at radius 3 is 2.55 bits per heavy atom. The van der Waals surface area contributed by atoms with Crippen LogP contribution in [0, 0.1) is 6.92 Å². The molecule has 2 aromatic carbocycles. The van der Waals surface area contributed by atoms with Crippen molar-refractivity contribution in [3.05, 3.63) is 59.8 Å². The lowest BCUT2D eigenvalue weighted by atomic mass is 9.88. The SMILES string of the molecule is Cc1cc(Nc2nc(Nc3ccccc3S(=O)(=O)C(C)C)c3cc[nH]c3n2)c(OC(C)C)cc1C1CCCNC1. The summed E-state index contributed by atoms with van der Waals surface area (Å²) in [5.41, 5.74) is 4.34. The van der Waals surface area contributed by atoms with E-state index < -0.39 is 15.1 Å². The van der Waals surface area contributed by atoms with Gasteiger partial charge in [0.1, 0.15) is 17.2 Å². The molecule has 4 aromatic rings. The molecular weight excluding hydrogens is 524 g/mol. The van der Waals surface area contributed by atoms with Gasteiger partial charge in [0.25, 0.3) is 0 Å². The summed E-state index contributed by atoms with van der Waals surface area (Å²) in [6.07, 6.45) is 4.09. The molecule has 0 spiro atoms. The van der Waals surface area contributed by atoms with Gasteiger partial charge in [-0.2, -0.15) is 9.97 Å². The lowest BCUT2D eigenvalue weighted by Gasteiger charge is -2.26. The number of anilines is 4. The Morgan fingerprint density at radius 1 is 1.02 bits per heavy atom. The molecular formula is C30H38N6O3S. The van der Waals surface area contributed by atoms with E-state index in [1.54, 1.807) is 44.3 Å². The van der Waals surface area contributed by atoms with Crippen LogP contribution in [-0.2, 0) is 9.84 Å². The van der Waals surface area contributed by atoms with Gasteiger partial charge >= 0.3 is 0 Å². The summed E-state index contributed by atoms with van der Waals surface area (Å²) in [5, 5.41) is 10.4. The van der Waals surface area contributed by atoms with E-state index in [1.165, 1.54) is 11.1 Å². The maximum Gasteiger partial charge on any atom is 0.231 e. The standard InChI is InChI=1S/C30H38N6O3S/c1-18(2)39-26-16-23(21-9-8-13-31-17-21)20(5)15-25(26)34-30-35-28-22(12-14-32-28)29(36-30)33-24-10-6-7-11-27(24)40(37,38)19(3)4/h6-7,10-12,14-16,18-19,21,31H,8-9,13,17H2,1-5H3,(H3,32,33,34,35,36). The van der Waals surface area contributed by atoms with Crippen LogP contribution in [0.3, 0.4) is 0 Å². The third-order valence-corrected chi connectivity index (χ3v) is 9.41. The van der Waals surface area contributed by atoms with E-state index >= 15 is 0 Å². The molecule has 0 saturated carbocycles. The second-order valence-electron chi connectivity index (χ2n) is 10.9. The molecule has 0 bridgehead atoms. The summed E-state index contributed by atoms with van der Waals surface area (Å²) in [4.78, 5) is 12.9. The van der Waals surface area contributed by atoms with Crippen LogP contribution in [0.25, 0.3) is 11.0 Å². The number of hydrogen-bond donors (Lipinski definition) is 4. The molecule has 1 aliphatic rings. The van der Waals surface area contributed by atoms with Crippen LogP contribution >= 0.6 is 0 Å². The van der Waals surface area contributed by atoms with Crippen LogP contribution in [0.15, 0.2) is 53.6 Å². The number of benzene rings is 2. The van der Waals surface area contributed by atoms with Gasteiger partial charge in [-0.1, -0.05) is 12.1 Å². The average Bonchev–Trinajstić information content (AvgIpc) is 3.40. The first kappa shape index (κ1) is 27.9. The third-order valence-electron chi connectivity index (χ3n) is 7.20. The molecule has 4 N–H and O–H groups in total. The van der Waals surface area contributed by atoms with Gasteiger partial charge in [-0.05, 0) is 101 Å². The predicted molar refractivity (Wildman–Crippen MR) is 161 cm³/mol. The number of nitrogens with zero attached hydrogens (tertiary/aromatic N) is 2. The summed E-state index contributed by atoms with van der Waals surface area (Å²) in [6.45, 7) is 11.5. The number of ether oxygens (including phenoxy) is 1. The molecule has 1 unspecified atom stereocenters. The molecule has 2 aromatic heterocycles. The molecule has 1 aliphatic heterocycles. The second-order valence-corrected chi connectivity index (χ2v) is 13.4. The van der Waals surface area contributed by atoms with Crippen LogP contribution in [0.1, 0.15) is 57.6 Å². The first-order valence-corrected chi connectivity index (χ1v) is 15.4. The van der Waals surface area contributed by atoms with Crippen molar-refractivity contribution in [1.29, 1.82) is 0 Å². The number of nitrogens with one attached hydrogen (secondary N) is 4. The largest absolute Gasteiger partial charge is 0.489 e. The summed E-state index contributed by atoms with van der Waals surface area (Å²) < 4.78 is 32.4. The Morgan fingerprint density at radius 2 is 1.82 bits per heavy atom. The van der Waals surface area contributed by atoms with Crippen molar-refractivity contribution in [2.45, 2.75) is 69.6 Å². The summed E-state index contributed by atoms with van der Waals surface area (Å²) >= 11 is 0. The highest BCUT2D eigenvalue weighted by molar-refractivity contribution is 7.92. The maximum atomic E-state index is 13.1. The topological polar surface area (TPSA) is 121 Å². The molecule has 1 atom stereocenters. The molecule has 5 rings (SSSR count). The van der Waals surface area contributed by atoms with Crippen LogP contribution in [-0.4, -0.2) is 47.8 Å². The van der Waals surface area contributed by atoms with E-state index in [1.807, 2.05) is 19.9 Å². The number of sulfone groups is 1. The minimum Gasteiger partial charge on any atom is -0.489 e. The van der Waals surface area contributed by atoms with Gasteiger partial charge < -0.3 is 25.7 Å². The lowest BCUT2D eigenvalue weighted by molar-refractivity contribution is 0.243. The monoisotopic (exact) mass is 562 g/mol. The first-order valence-electron chi connectivity index (χ1n) is 13.9. The molecule has 0 amide bonds. The second kappa shape index (κ2) is 11.5. The van der Waals surface area contributed by atoms with Gasteiger partial charge in [0, 0.05) is 12.7 Å². The van der Waals surface area contributed by atoms with Gasteiger partial charge in [-0.15, -0.1) is 0 Å². The molecule has 1 fully saturated rings. The molecule has 9 nitrogen and oxygen atoms in total. The highest BCUT2D eigenvalue weighted by Crippen LogP contribution is 2.37. The third kappa shape index (κ3) is 5.78. The number of aryl methyl sites for hydroxylation is 1. The molecule has 1 saturated heterocycles. The van der Waals surface area contributed by atoms with Crippen LogP contribution in [0.2, 0.25) is 0 Å². The van der Waals surface area contributed by atoms with Gasteiger partial charge in [-0.25, -0.2) is 8.42 Å². The van der Waals surface area contributed by atoms with Crippen molar-refractivity contribution in [1.82, 2.24) is 20.3 Å². The van der Waals surface area contributed by atoms with Crippen LogP contribution in [0.4, 0.5) is 23.1 Å². The molecule has 0 aliphatic carbocycles. The molecule has 10 heteroatoms. The highest BCUT2D eigenvalue weighted by Gasteiger charge is 2.24. The minimum absolute atomic E-state index is 0.0102. The Hall–Kier alpha value is -3.63. The number of piperidine rings is 1. The predicted octanol–water partition coefficient (Wildman–Crippen LogP) is 6.19. The smallest absolute Gasteiger partial charge is 0.231 e. The minimum atomic E-state index is -3.51. The fourth-order valence-electron chi connectivity index (χ4n) is 5.12. The number of rotatable bonds is 9. The number of para-hydroxylation sites is 1. The van der Waals surface area contributed by atoms with Gasteiger partial charge in [0.05, 0.1) is 33.0 Å². The van der Waals surface area contributed by atoms with Crippen molar-refractivity contribution < 1.29 is 13.2 Å². The quantitative estimate of drug-likeness (QED) is 0.191. The normalized spacial score (nSPS) is 16.0. The van der Waals surface area contributed by atoms with Gasteiger partial charge in [0.15, 0.2) is 9.84 Å². The Bertz CT molecular complexity index is 1610. The van der Waals surface area contributed by atoms with Gasteiger partial charge in [-0.3, -0.25) is 0 Å². The van der Waals surface area contributed by atoms with E-state index in [9.17, 15) is 8.42 Å². The summed E-state index contributed by atoms with van der Waals surface area (Å²) in [6, 6.07) is 13.0. The zero-order valence-electron chi connectivity index (χ0n) is 23.7. The Balaban J connectivity index is 1.53. The fraction of sp³-hybridized carbons (Fsp3) is 0.400. The highest BCUT2D eigenvalue weighted by atomic mass is 32.2. The van der Waals surface area contributed by atoms with Crippen molar-refractivity contribution in [2.75, 3.05) is 23.7 Å². The maximum absolute atomic E-state index is 13.1. The number of H-pyrrole nitrogens is 1. The fourth-order valence-corrected chi connectivity index (χ4v) is 6.32. The van der Waals surface area contributed by atoms with Crippen molar-refractivity contribution in [3.8, 4) is 5.75 Å². The molecule has 40 heavy (non-hydrogen) atoms. The zero-order chi connectivity index (χ0) is 28.4. The summed E-state index contributed by atoms with van der Waals surface area (Å²) in [7, 11) is -3.51. The number of aromatic amines is 1. The van der Waals surface area contributed by atoms with E-state index in [4.69, 9.17) is 14.7 Å². The zero-order valence-corrected chi connectivity index (χ0v) is 24.5. The number of hydrogen-bond acceptors (Lipinski definition) is 8. The number of aromatic nitrogens is 3. The molecule has 3 heterocycles. The molecule has 212 valence electrons. The van der Waals surface area contributed by atoms with E-state index in [2.05, 4.69) is 40.0 Å². The Kier molecular flexibility index (Phi) is 8.00. The van der Waals surface area contributed by atoms with E-state index in [0.717, 1.165) is 42.8 Å². The van der Waals surface area contributed by atoms with Crippen molar-refractivity contribution in [3.63, 3.8) is 0 Å². The Labute approximate surface area is 236 Å². The van der Waals surface area contributed by atoms with Gasteiger partial charge in [0.2, 0.25) is 5.95 Å². The van der Waals surface area contributed by atoms with Crippen molar-refractivity contribution >= 4 is 44.0 Å².